The van der Waals surface area contributed by atoms with E-state index >= 15 is 0 Å². The highest BCUT2D eigenvalue weighted by molar-refractivity contribution is 6.28. The Hall–Kier alpha value is -1.31. The van der Waals surface area contributed by atoms with Gasteiger partial charge in [0.1, 0.15) is 6.54 Å². The smallest absolute Gasteiger partial charge is 0.347 e. The number of hydrogen-bond acceptors (Lipinski definition) is 5. The highest BCUT2D eigenvalue weighted by Gasteiger charge is 2.39. The fourth-order valence-corrected chi connectivity index (χ4v) is 1.75. The van der Waals surface area contributed by atoms with Crippen LogP contribution in [-0.4, -0.2) is 47.8 Å². The normalized spacial score (nSPS) is 15.5. The average molecular weight is 296 g/mol. The maximum Gasteiger partial charge on any atom is 0.406 e. The first-order valence-corrected chi connectivity index (χ1v) is 6.06. The maximum absolute atomic E-state index is 12.6. The van der Waals surface area contributed by atoms with Gasteiger partial charge in [-0.05, 0) is 24.4 Å². The van der Waals surface area contributed by atoms with Crippen molar-refractivity contribution in [2.75, 3.05) is 30.4 Å². The molecule has 1 fully saturated rings. The van der Waals surface area contributed by atoms with E-state index in [1.54, 1.807) is 19.0 Å². The molecule has 0 aliphatic heterocycles. The molecule has 0 spiro atoms. The number of nitrogens with zero attached hydrogens (tertiary/aromatic N) is 5. The first-order chi connectivity index (χ1) is 8.76. The Labute approximate surface area is 113 Å². The second-order valence-electron chi connectivity index (χ2n) is 4.57. The lowest BCUT2D eigenvalue weighted by Gasteiger charge is -2.24. The zero-order valence-electron chi connectivity index (χ0n) is 10.4. The lowest BCUT2D eigenvalue weighted by Crippen LogP contribution is -2.37. The molecule has 0 saturated heterocycles. The predicted molar refractivity (Wildman–Crippen MR) is 65.6 cm³/mol. The van der Waals surface area contributed by atoms with Crippen LogP contribution in [0.25, 0.3) is 0 Å². The summed E-state index contributed by atoms with van der Waals surface area (Å²) in [7, 11) is 3.36. The van der Waals surface area contributed by atoms with Crippen LogP contribution >= 0.6 is 11.6 Å². The second kappa shape index (κ2) is 4.99. The van der Waals surface area contributed by atoms with E-state index in [9.17, 15) is 13.2 Å². The largest absolute Gasteiger partial charge is 0.406 e. The van der Waals surface area contributed by atoms with Gasteiger partial charge in [-0.15, -0.1) is 0 Å². The van der Waals surface area contributed by atoms with Crippen molar-refractivity contribution in [2.45, 2.75) is 25.1 Å². The summed E-state index contributed by atoms with van der Waals surface area (Å²) < 4.78 is 37.7. The molecule has 1 heterocycles. The first kappa shape index (κ1) is 14.1. The summed E-state index contributed by atoms with van der Waals surface area (Å²) >= 11 is 5.74. The van der Waals surface area contributed by atoms with E-state index in [1.807, 2.05) is 0 Å². The van der Waals surface area contributed by atoms with E-state index in [0.717, 1.165) is 4.90 Å². The highest BCUT2D eigenvalue weighted by Crippen LogP contribution is 2.33. The maximum atomic E-state index is 12.6. The molecule has 0 bridgehead atoms. The van der Waals surface area contributed by atoms with Crippen LogP contribution < -0.4 is 9.80 Å². The van der Waals surface area contributed by atoms with Crippen molar-refractivity contribution in [3.05, 3.63) is 5.28 Å². The van der Waals surface area contributed by atoms with Crippen molar-refractivity contribution in [3.63, 3.8) is 0 Å². The van der Waals surface area contributed by atoms with Gasteiger partial charge in [0.25, 0.3) is 0 Å². The number of anilines is 2. The molecule has 1 aliphatic carbocycles. The van der Waals surface area contributed by atoms with Gasteiger partial charge in [0, 0.05) is 20.1 Å². The van der Waals surface area contributed by atoms with Crippen LogP contribution in [0.1, 0.15) is 12.8 Å². The van der Waals surface area contributed by atoms with Gasteiger partial charge < -0.3 is 9.80 Å². The van der Waals surface area contributed by atoms with Crippen molar-refractivity contribution in [2.24, 2.45) is 0 Å². The standard InChI is InChI=1S/C10H13ClF3N5/c1-18(2)8-15-7(11)16-9(17-8)19(6-3-4-6)5-10(12,13)14/h6H,3-5H2,1-2H3. The number of hydrogen-bond donors (Lipinski definition) is 0. The predicted octanol–water partition coefficient (Wildman–Crippen LogP) is 2.12. The van der Waals surface area contributed by atoms with Gasteiger partial charge in [0.05, 0.1) is 0 Å². The van der Waals surface area contributed by atoms with Crippen molar-refractivity contribution in [1.29, 1.82) is 0 Å². The molecule has 1 aromatic heterocycles. The Morgan fingerprint density at radius 2 is 1.74 bits per heavy atom. The number of rotatable bonds is 4. The molecule has 19 heavy (non-hydrogen) atoms. The molecular weight excluding hydrogens is 283 g/mol. The zero-order chi connectivity index (χ0) is 14.2. The lowest BCUT2D eigenvalue weighted by molar-refractivity contribution is -0.120. The summed E-state index contributed by atoms with van der Waals surface area (Å²) in [6.07, 6.45) is -2.90. The van der Waals surface area contributed by atoms with E-state index < -0.39 is 12.7 Å². The minimum absolute atomic E-state index is 0.0245. The molecule has 1 saturated carbocycles. The van der Waals surface area contributed by atoms with Crippen LogP contribution in [0.15, 0.2) is 0 Å². The van der Waals surface area contributed by atoms with Crippen LogP contribution in [0.3, 0.4) is 0 Å². The Kier molecular flexibility index (Phi) is 3.71. The van der Waals surface area contributed by atoms with Crippen LogP contribution in [0, 0.1) is 0 Å². The van der Waals surface area contributed by atoms with Gasteiger partial charge in [-0.1, -0.05) is 0 Å². The van der Waals surface area contributed by atoms with Gasteiger partial charge in [-0.25, -0.2) is 0 Å². The van der Waals surface area contributed by atoms with Crippen molar-refractivity contribution in [1.82, 2.24) is 15.0 Å². The summed E-state index contributed by atoms with van der Waals surface area (Å²) in [6, 6.07) is -0.171. The Bertz CT molecular complexity index is 461. The number of aromatic nitrogens is 3. The average Bonchev–Trinajstić information content (AvgIpc) is 3.07. The minimum atomic E-state index is -4.31. The Balaban J connectivity index is 2.31. The molecule has 1 aliphatic rings. The monoisotopic (exact) mass is 295 g/mol. The fraction of sp³-hybridized carbons (Fsp3) is 0.700. The van der Waals surface area contributed by atoms with E-state index in [4.69, 9.17) is 11.6 Å². The fourth-order valence-electron chi connectivity index (χ4n) is 1.60. The highest BCUT2D eigenvalue weighted by atomic mass is 35.5. The van der Waals surface area contributed by atoms with E-state index in [2.05, 4.69) is 15.0 Å². The summed E-state index contributed by atoms with van der Waals surface area (Å²) in [5, 5.41) is -0.110. The van der Waals surface area contributed by atoms with E-state index in [-0.39, 0.29) is 23.2 Å². The molecule has 5 nitrogen and oxygen atoms in total. The Morgan fingerprint density at radius 3 is 2.21 bits per heavy atom. The lowest BCUT2D eigenvalue weighted by atomic mass is 10.5. The van der Waals surface area contributed by atoms with Crippen LogP contribution in [0.2, 0.25) is 5.28 Å². The number of alkyl halides is 3. The van der Waals surface area contributed by atoms with Gasteiger partial charge in [0.15, 0.2) is 0 Å². The quantitative estimate of drug-likeness (QED) is 0.851. The molecule has 0 radical (unpaired) electrons. The molecule has 0 amide bonds. The molecular formula is C10H13ClF3N5. The van der Waals surface area contributed by atoms with Gasteiger partial charge in [-0.3, -0.25) is 0 Å². The van der Waals surface area contributed by atoms with Gasteiger partial charge in [0.2, 0.25) is 17.2 Å². The van der Waals surface area contributed by atoms with Crippen LogP contribution in [0.5, 0.6) is 0 Å². The van der Waals surface area contributed by atoms with Crippen molar-refractivity contribution < 1.29 is 13.2 Å². The third kappa shape index (κ3) is 3.82. The van der Waals surface area contributed by atoms with E-state index in [0.29, 0.717) is 12.8 Å². The summed E-state index contributed by atoms with van der Waals surface area (Å²) in [5.74, 6) is 0.214. The van der Waals surface area contributed by atoms with Gasteiger partial charge >= 0.3 is 6.18 Å². The summed E-state index contributed by atoms with van der Waals surface area (Å²) in [6.45, 7) is -1.08. The summed E-state index contributed by atoms with van der Waals surface area (Å²) in [4.78, 5) is 14.4. The molecule has 0 aromatic carbocycles. The topological polar surface area (TPSA) is 45.2 Å². The minimum Gasteiger partial charge on any atom is -0.347 e. The SMILES string of the molecule is CN(C)c1nc(Cl)nc(N(CC(F)(F)F)C2CC2)n1. The molecule has 0 unspecified atom stereocenters. The number of halogens is 4. The molecule has 0 atom stereocenters. The summed E-state index contributed by atoms with van der Waals surface area (Å²) in [5.41, 5.74) is 0. The third-order valence-corrected chi connectivity index (χ3v) is 2.75. The van der Waals surface area contributed by atoms with Crippen molar-refractivity contribution >= 4 is 23.5 Å². The van der Waals surface area contributed by atoms with Crippen LogP contribution in [-0.2, 0) is 0 Å². The third-order valence-electron chi connectivity index (χ3n) is 2.58. The zero-order valence-corrected chi connectivity index (χ0v) is 11.2. The molecule has 9 heteroatoms. The molecule has 106 valence electrons. The first-order valence-electron chi connectivity index (χ1n) is 5.68. The van der Waals surface area contributed by atoms with Crippen molar-refractivity contribution in [3.8, 4) is 0 Å². The molecule has 0 N–H and O–H groups in total. The molecule has 1 aromatic rings. The van der Waals surface area contributed by atoms with E-state index in [1.165, 1.54) is 0 Å². The molecule has 2 rings (SSSR count). The van der Waals surface area contributed by atoms with Gasteiger partial charge in [-0.2, -0.15) is 28.1 Å². The second-order valence-corrected chi connectivity index (χ2v) is 4.91. The Morgan fingerprint density at radius 1 is 1.16 bits per heavy atom. The van der Waals surface area contributed by atoms with Crippen LogP contribution in [0.4, 0.5) is 25.1 Å².